The van der Waals surface area contributed by atoms with Gasteiger partial charge < -0.3 is 19.9 Å². The Labute approximate surface area is 258 Å². The fourth-order valence-corrected chi connectivity index (χ4v) is 8.72. The van der Waals surface area contributed by atoms with Crippen LogP contribution in [0.5, 0.6) is 0 Å². The average molecular weight is 585 g/mol. The zero-order chi connectivity index (χ0) is 30.7. The smallest absolute Gasteiger partial charge is 0.404 e. The first-order valence-electron chi connectivity index (χ1n) is 16.5. The number of fused-ring (bicyclic) bond motifs is 3. The lowest BCUT2D eigenvalue weighted by atomic mass is 9.43. The van der Waals surface area contributed by atoms with Crippen LogP contribution in [0.4, 0.5) is 0 Å². The zero-order valence-corrected chi connectivity index (χ0v) is 27.0. The Balaban J connectivity index is 1.16. The first-order valence-corrected chi connectivity index (χ1v) is 16.5. The van der Waals surface area contributed by atoms with Crippen molar-refractivity contribution in [2.45, 2.75) is 110 Å². The second-order valence-corrected chi connectivity index (χ2v) is 15.3. The molecule has 2 aromatic rings. The number of hydrogen-bond donors (Lipinski definition) is 2. The summed E-state index contributed by atoms with van der Waals surface area (Å²) in [6.45, 7) is 15.4. The fraction of sp³-hybridized carbons (Fsp3) is 0.611. The van der Waals surface area contributed by atoms with E-state index in [0.717, 1.165) is 12.8 Å². The molecule has 2 bridgehead atoms. The summed E-state index contributed by atoms with van der Waals surface area (Å²) in [5.41, 5.74) is 4.65. The number of amides is 2. The number of hydrogen-bond acceptors (Lipinski definition) is 4. The molecule has 7 heteroatoms. The van der Waals surface area contributed by atoms with Gasteiger partial charge in [-0.1, -0.05) is 90.1 Å². The highest BCUT2D eigenvalue weighted by atomic mass is 16.7. The summed E-state index contributed by atoms with van der Waals surface area (Å²) in [5.74, 6) is 1.15. The minimum Gasteiger partial charge on any atom is -0.404 e. The van der Waals surface area contributed by atoms with Crippen LogP contribution in [-0.4, -0.2) is 42.6 Å². The van der Waals surface area contributed by atoms with Crippen LogP contribution in [0.15, 0.2) is 48.5 Å². The second-order valence-electron chi connectivity index (χ2n) is 15.3. The Hall–Kier alpha value is -2.64. The van der Waals surface area contributed by atoms with Gasteiger partial charge in [0.05, 0.1) is 17.6 Å². The molecule has 7 rings (SSSR count). The van der Waals surface area contributed by atoms with Crippen molar-refractivity contribution in [3.8, 4) is 11.1 Å². The van der Waals surface area contributed by atoms with Crippen LogP contribution in [0.1, 0.15) is 97.6 Å². The van der Waals surface area contributed by atoms with E-state index in [4.69, 9.17) is 9.31 Å². The molecule has 4 fully saturated rings. The first-order chi connectivity index (χ1) is 20.4. The molecule has 0 radical (unpaired) electrons. The van der Waals surface area contributed by atoms with Crippen molar-refractivity contribution in [2.75, 3.05) is 0 Å². The average Bonchev–Trinajstić information content (AvgIpc) is 3.47. The van der Waals surface area contributed by atoms with Crippen molar-refractivity contribution in [1.82, 2.24) is 10.6 Å². The first kappa shape index (κ1) is 30.4. The highest BCUT2D eigenvalue weighted by Gasteiger charge is 2.68. The molecule has 1 saturated heterocycles. The SMILES string of the molecule is CC(C)C[C@H](NC(=O)[C@H](CC(C)C)NC(=O)CC1c2ccccc2-c2ccccc21)B1O[C@@H]2C[C@@H]3C[C@@H](C3(C)C)[C@]2(C)O1. The molecule has 6 atom stereocenters. The minimum atomic E-state index is -0.625. The molecule has 0 aromatic heterocycles. The molecular formula is C36H49BN2O4. The molecule has 3 saturated carbocycles. The second kappa shape index (κ2) is 11.4. The summed E-state index contributed by atoms with van der Waals surface area (Å²) < 4.78 is 13.4. The maximum atomic E-state index is 13.9. The molecule has 4 aliphatic carbocycles. The summed E-state index contributed by atoms with van der Waals surface area (Å²) in [7, 11) is -0.488. The van der Waals surface area contributed by atoms with E-state index < -0.39 is 13.2 Å². The Morgan fingerprint density at radius 1 is 0.884 bits per heavy atom. The van der Waals surface area contributed by atoms with Gasteiger partial charge in [-0.2, -0.15) is 0 Å². The van der Waals surface area contributed by atoms with Crippen molar-refractivity contribution in [2.24, 2.45) is 29.1 Å². The van der Waals surface area contributed by atoms with E-state index in [1.807, 2.05) is 24.3 Å². The third-order valence-corrected chi connectivity index (χ3v) is 11.1. The van der Waals surface area contributed by atoms with Crippen LogP contribution >= 0.6 is 0 Å². The van der Waals surface area contributed by atoms with Crippen LogP contribution < -0.4 is 10.6 Å². The normalized spacial score (nSPS) is 28.1. The van der Waals surface area contributed by atoms with Gasteiger partial charge in [0.15, 0.2) is 0 Å². The van der Waals surface area contributed by atoms with Crippen molar-refractivity contribution < 1.29 is 18.9 Å². The van der Waals surface area contributed by atoms with E-state index >= 15 is 0 Å². The van der Waals surface area contributed by atoms with E-state index in [1.165, 1.54) is 28.7 Å². The molecule has 2 N–H and O–H groups in total. The van der Waals surface area contributed by atoms with E-state index in [-0.39, 0.29) is 46.7 Å². The van der Waals surface area contributed by atoms with E-state index in [2.05, 4.69) is 83.4 Å². The summed E-state index contributed by atoms with van der Waals surface area (Å²) in [6.07, 6.45) is 3.87. The standard InChI is InChI=1S/C36H49BN2O4/c1-21(2)16-29(38-33(40)20-28-26-14-10-8-12-24(26)25-13-9-11-15-27(25)28)34(41)39-32(17-22(3)4)37-42-31-19-23-18-30(35(23,5)6)36(31,7)43-37/h8-15,21-23,28-32H,16-20H2,1-7H3,(H,38,40)(H,39,41)/t23-,29-,30-,31+,32-,36-/m0/s1. The Bertz CT molecular complexity index is 1330. The number of nitrogens with one attached hydrogen (secondary N) is 2. The topological polar surface area (TPSA) is 76.7 Å². The van der Waals surface area contributed by atoms with Crippen molar-refractivity contribution in [3.05, 3.63) is 59.7 Å². The molecule has 0 unspecified atom stereocenters. The quantitative estimate of drug-likeness (QED) is 0.312. The van der Waals surface area contributed by atoms with Gasteiger partial charge >= 0.3 is 7.12 Å². The maximum absolute atomic E-state index is 13.9. The van der Waals surface area contributed by atoms with Crippen LogP contribution in [-0.2, 0) is 18.9 Å². The molecule has 2 aromatic carbocycles. The predicted molar refractivity (Wildman–Crippen MR) is 171 cm³/mol. The molecular weight excluding hydrogens is 535 g/mol. The molecule has 6 nitrogen and oxygen atoms in total. The lowest BCUT2D eigenvalue weighted by molar-refractivity contribution is -0.199. The Morgan fingerprint density at radius 2 is 1.49 bits per heavy atom. The summed E-state index contributed by atoms with van der Waals surface area (Å²) >= 11 is 0. The van der Waals surface area contributed by atoms with Crippen molar-refractivity contribution in [1.29, 1.82) is 0 Å². The van der Waals surface area contributed by atoms with Gasteiger partial charge in [-0.3, -0.25) is 9.59 Å². The van der Waals surface area contributed by atoms with Gasteiger partial charge in [-0.15, -0.1) is 0 Å². The molecule has 43 heavy (non-hydrogen) atoms. The lowest BCUT2D eigenvalue weighted by Crippen LogP contribution is -2.65. The monoisotopic (exact) mass is 584 g/mol. The predicted octanol–water partition coefficient (Wildman–Crippen LogP) is 6.52. The summed E-state index contributed by atoms with van der Waals surface area (Å²) in [6, 6.07) is 16.0. The van der Waals surface area contributed by atoms with E-state index in [9.17, 15) is 9.59 Å². The molecule has 5 aliphatic rings. The minimum absolute atomic E-state index is 0.0243. The molecule has 230 valence electrons. The summed E-state index contributed by atoms with van der Waals surface area (Å²) in [5, 5.41) is 6.43. The van der Waals surface area contributed by atoms with Crippen LogP contribution in [0, 0.1) is 29.1 Å². The molecule has 1 heterocycles. The van der Waals surface area contributed by atoms with Gasteiger partial charge in [0.25, 0.3) is 0 Å². The zero-order valence-electron chi connectivity index (χ0n) is 27.0. The third kappa shape index (κ3) is 5.46. The molecule has 0 spiro atoms. The Kier molecular flexibility index (Phi) is 8.04. The van der Waals surface area contributed by atoms with Gasteiger partial charge in [-0.05, 0) is 83.9 Å². The number of benzene rings is 2. The highest BCUT2D eigenvalue weighted by molar-refractivity contribution is 6.48. The van der Waals surface area contributed by atoms with Crippen molar-refractivity contribution in [3.63, 3.8) is 0 Å². The van der Waals surface area contributed by atoms with Crippen molar-refractivity contribution >= 4 is 18.9 Å². The number of carbonyl (C=O) groups is 2. The van der Waals surface area contributed by atoms with Crippen LogP contribution in [0.25, 0.3) is 11.1 Å². The van der Waals surface area contributed by atoms with Gasteiger partial charge in [0, 0.05) is 12.3 Å². The lowest BCUT2D eigenvalue weighted by Gasteiger charge is -2.64. The van der Waals surface area contributed by atoms with Crippen LogP contribution in [0.3, 0.4) is 0 Å². The highest BCUT2D eigenvalue weighted by Crippen LogP contribution is 2.65. The molecule has 1 aliphatic heterocycles. The van der Waals surface area contributed by atoms with Crippen LogP contribution in [0.2, 0.25) is 0 Å². The van der Waals surface area contributed by atoms with Gasteiger partial charge in [0.1, 0.15) is 6.04 Å². The fourth-order valence-electron chi connectivity index (χ4n) is 8.72. The number of rotatable bonds is 10. The van der Waals surface area contributed by atoms with Gasteiger partial charge in [-0.25, -0.2) is 0 Å². The van der Waals surface area contributed by atoms with E-state index in [1.54, 1.807) is 0 Å². The summed E-state index contributed by atoms with van der Waals surface area (Å²) in [4.78, 5) is 27.5. The van der Waals surface area contributed by atoms with Gasteiger partial charge in [0.2, 0.25) is 11.8 Å². The Morgan fingerprint density at radius 3 is 2.07 bits per heavy atom. The van der Waals surface area contributed by atoms with E-state index in [0.29, 0.717) is 30.6 Å². The molecule has 2 amide bonds. The number of carbonyl (C=O) groups excluding carboxylic acids is 2. The maximum Gasteiger partial charge on any atom is 0.481 e. The third-order valence-electron chi connectivity index (χ3n) is 11.1. The largest absolute Gasteiger partial charge is 0.481 e.